The summed E-state index contributed by atoms with van der Waals surface area (Å²) in [6.45, 7) is 2.18. The summed E-state index contributed by atoms with van der Waals surface area (Å²) in [4.78, 5) is 16.8. The van der Waals surface area contributed by atoms with Crippen LogP contribution < -0.4 is 0 Å². The van der Waals surface area contributed by atoms with E-state index in [9.17, 15) is 4.79 Å². The number of ether oxygens (including phenoxy) is 1. The van der Waals surface area contributed by atoms with Crippen LogP contribution in [0.5, 0.6) is 0 Å². The highest BCUT2D eigenvalue weighted by Gasteiger charge is 2.23. The van der Waals surface area contributed by atoms with Gasteiger partial charge in [0.05, 0.1) is 17.9 Å². The predicted molar refractivity (Wildman–Crippen MR) is 68.9 cm³/mol. The van der Waals surface area contributed by atoms with E-state index in [1.165, 1.54) is 7.11 Å². The fourth-order valence-corrected chi connectivity index (χ4v) is 2.30. The number of carbonyl (C=O) groups excluding carboxylic acids is 1. The normalized spacial score (nSPS) is 16.2. The van der Waals surface area contributed by atoms with Gasteiger partial charge in [-0.1, -0.05) is 17.3 Å². The molecule has 0 heterocycles. The average molecular weight is 247 g/mol. The molecule has 0 atom stereocenters. The van der Waals surface area contributed by atoms with E-state index in [4.69, 9.17) is 9.57 Å². The fraction of sp³-hybridized carbons (Fsp3) is 0.429. The van der Waals surface area contributed by atoms with Gasteiger partial charge in [-0.05, 0) is 37.8 Å². The molecule has 0 unspecified atom stereocenters. The van der Waals surface area contributed by atoms with E-state index in [0.29, 0.717) is 12.2 Å². The van der Waals surface area contributed by atoms with E-state index in [0.717, 1.165) is 36.1 Å². The molecule has 0 N–H and O–H groups in total. The first-order chi connectivity index (χ1) is 8.77. The second-order valence-electron chi connectivity index (χ2n) is 4.13. The van der Waals surface area contributed by atoms with Crippen LogP contribution in [0.15, 0.2) is 23.4 Å². The van der Waals surface area contributed by atoms with Gasteiger partial charge >= 0.3 is 5.97 Å². The Morgan fingerprint density at radius 2 is 2.22 bits per heavy atom. The largest absolute Gasteiger partial charge is 0.462 e. The van der Waals surface area contributed by atoms with Gasteiger partial charge in [0.15, 0.2) is 0 Å². The first-order valence-corrected chi connectivity index (χ1v) is 6.17. The Balaban J connectivity index is 2.49. The lowest BCUT2D eigenvalue weighted by Crippen LogP contribution is -2.18. The van der Waals surface area contributed by atoms with E-state index in [-0.39, 0.29) is 5.97 Å². The molecule has 0 bridgehead atoms. The summed E-state index contributed by atoms with van der Waals surface area (Å²) in [5.41, 5.74) is 3.46. The van der Waals surface area contributed by atoms with Crippen molar-refractivity contribution in [3.8, 4) is 0 Å². The van der Waals surface area contributed by atoms with Crippen LogP contribution in [0.1, 0.15) is 41.3 Å². The third-order valence-corrected chi connectivity index (χ3v) is 3.00. The summed E-state index contributed by atoms with van der Waals surface area (Å²) < 4.78 is 5.09. The van der Waals surface area contributed by atoms with Crippen LogP contribution >= 0.6 is 0 Å². The smallest absolute Gasteiger partial charge is 0.338 e. The van der Waals surface area contributed by atoms with Crippen LogP contribution in [-0.4, -0.2) is 25.4 Å². The number of oxime groups is 1. The summed E-state index contributed by atoms with van der Waals surface area (Å²) in [6, 6.07) is 5.70. The zero-order chi connectivity index (χ0) is 13.0. The Hall–Kier alpha value is -1.84. The van der Waals surface area contributed by atoms with Crippen molar-refractivity contribution in [2.24, 2.45) is 5.16 Å². The van der Waals surface area contributed by atoms with Crippen LogP contribution in [-0.2, 0) is 16.0 Å². The topological polar surface area (TPSA) is 47.9 Å². The molecule has 0 radical (unpaired) electrons. The molecule has 18 heavy (non-hydrogen) atoms. The van der Waals surface area contributed by atoms with Crippen LogP contribution in [0.3, 0.4) is 0 Å². The lowest BCUT2D eigenvalue weighted by molar-refractivity contribution is 0.0526. The lowest BCUT2D eigenvalue weighted by Gasteiger charge is -2.19. The predicted octanol–water partition coefficient (Wildman–Crippen LogP) is 2.55. The van der Waals surface area contributed by atoms with Crippen molar-refractivity contribution in [1.82, 2.24) is 0 Å². The third-order valence-electron chi connectivity index (χ3n) is 3.00. The van der Waals surface area contributed by atoms with Crippen molar-refractivity contribution in [3.63, 3.8) is 0 Å². The van der Waals surface area contributed by atoms with Crippen molar-refractivity contribution in [1.29, 1.82) is 0 Å². The highest BCUT2D eigenvalue weighted by Crippen LogP contribution is 2.26. The van der Waals surface area contributed by atoms with Gasteiger partial charge in [-0.2, -0.15) is 0 Å². The average Bonchev–Trinajstić information content (AvgIpc) is 2.39. The molecule has 96 valence electrons. The highest BCUT2D eigenvalue weighted by atomic mass is 16.6. The standard InChI is InChI=1S/C14H17NO3/c1-3-18-14(16)11-8-4-6-10-7-5-9-12(13(10)11)15-17-2/h4,6,8H,3,5,7,9H2,1-2H3/b15-12+. The zero-order valence-corrected chi connectivity index (χ0v) is 10.7. The number of carbonyl (C=O) groups is 1. The first kappa shape index (κ1) is 12.6. The number of aryl methyl sites for hydroxylation is 1. The number of rotatable bonds is 3. The summed E-state index contributed by atoms with van der Waals surface area (Å²) in [5, 5.41) is 4.04. The van der Waals surface area contributed by atoms with Gasteiger partial charge < -0.3 is 9.57 Å². The Labute approximate surface area is 107 Å². The highest BCUT2D eigenvalue weighted by molar-refractivity contribution is 6.10. The van der Waals surface area contributed by atoms with Crippen LogP contribution in [0, 0.1) is 0 Å². The van der Waals surface area contributed by atoms with E-state index >= 15 is 0 Å². The summed E-state index contributed by atoms with van der Waals surface area (Å²) >= 11 is 0. The van der Waals surface area contributed by atoms with Crippen molar-refractivity contribution in [2.45, 2.75) is 26.2 Å². The molecular formula is C14H17NO3. The number of fused-ring (bicyclic) bond motifs is 1. The Morgan fingerprint density at radius 3 is 2.94 bits per heavy atom. The molecular weight excluding hydrogens is 230 g/mol. The van der Waals surface area contributed by atoms with E-state index < -0.39 is 0 Å². The van der Waals surface area contributed by atoms with Gasteiger partial charge in [0.1, 0.15) is 7.11 Å². The van der Waals surface area contributed by atoms with Gasteiger partial charge in [0.25, 0.3) is 0 Å². The Morgan fingerprint density at radius 1 is 1.39 bits per heavy atom. The monoisotopic (exact) mass is 247 g/mol. The molecule has 4 heteroatoms. The number of hydrogen-bond donors (Lipinski definition) is 0. The fourth-order valence-electron chi connectivity index (χ4n) is 2.30. The minimum atomic E-state index is -0.292. The number of nitrogens with zero attached hydrogens (tertiary/aromatic N) is 1. The van der Waals surface area contributed by atoms with Crippen LogP contribution in [0.4, 0.5) is 0 Å². The van der Waals surface area contributed by atoms with Gasteiger partial charge in [0.2, 0.25) is 0 Å². The summed E-state index contributed by atoms with van der Waals surface area (Å²) in [6.07, 6.45) is 2.82. The van der Waals surface area contributed by atoms with Gasteiger partial charge in [-0.3, -0.25) is 0 Å². The van der Waals surface area contributed by atoms with E-state index in [1.54, 1.807) is 13.0 Å². The molecule has 0 aromatic heterocycles. The van der Waals surface area contributed by atoms with Gasteiger partial charge in [-0.25, -0.2) is 4.79 Å². The number of esters is 1. The molecule has 1 aromatic rings. The molecule has 1 aromatic carbocycles. The van der Waals surface area contributed by atoms with Gasteiger partial charge in [-0.15, -0.1) is 0 Å². The van der Waals surface area contributed by atoms with Crippen molar-refractivity contribution < 1.29 is 14.4 Å². The maximum Gasteiger partial charge on any atom is 0.338 e. The Bertz CT molecular complexity index is 480. The minimum Gasteiger partial charge on any atom is -0.462 e. The van der Waals surface area contributed by atoms with Crippen LogP contribution in [0.2, 0.25) is 0 Å². The molecule has 4 nitrogen and oxygen atoms in total. The van der Waals surface area contributed by atoms with Crippen molar-refractivity contribution in [2.75, 3.05) is 13.7 Å². The molecule has 1 aliphatic rings. The quantitative estimate of drug-likeness (QED) is 0.609. The van der Waals surface area contributed by atoms with Crippen molar-refractivity contribution >= 4 is 11.7 Å². The SMILES string of the molecule is CCOC(=O)c1cccc2c1/C(=N/OC)CCC2. The zero-order valence-electron chi connectivity index (χ0n) is 10.7. The molecule has 0 fully saturated rings. The minimum absolute atomic E-state index is 0.292. The second-order valence-corrected chi connectivity index (χ2v) is 4.13. The van der Waals surface area contributed by atoms with E-state index in [1.807, 2.05) is 12.1 Å². The number of benzene rings is 1. The molecule has 0 aliphatic heterocycles. The molecule has 2 rings (SSSR count). The molecule has 0 saturated carbocycles. The second kappa shape index (κ2) is 5.67. The van der Waals surface area contributed by atoms with Gasteiger partial charge in [0, 0.05) is 5.56 Å². The Kier molecular flexibility index (Phi) is 3.97. The first-order valence-electron chi connectivity index (χ1n) is 6.17. The molecule has 0 amide bonds. The maximum absolute atomic E-state index is 11.9. The van der Waals surface area contributed by atoms with Crippen LogP contribution in [0.25, 0.3) is 0 Å². The molecule has 0 spiro atoms. The van der Waals surface area contributed by atoms with Crippen molar-refractivity contribution in [3.05, 3.63) is 34.9 Å². The summed E-state index contributed by atoms with van der Waals surface area (Å²) in [5.74, 6) is -0.292. The molecule has 1 aliphatic carbocycles. The maximum atomic E-state index is 11.9. The molecule has 0 saturated heterocycles. The lowest BCUT2D eigenvalue weighted by atomic mass is 9.87. The third kappa shape index (κ3) is 2.37. The summed E-state index contributed by atoms with van der Waals surface area (Å²) in [7, 11) is 1.52. The number of hydrogen-bond acceptors (Lipinski definition) is 4. The van der Waals surface area contributed by atoms with E-state index in [2.05, 4.69) is 5.16 Å².